The van der Waals surface area contributed by atoms with Crippen molar-refractivity contribution >= 4 is 5.97 Å². The summed E-state index contributed by atoms with van der Waals surface area (Å²) in [7, 11) is 0. The third-order valence-electron chi connectivity index (χ3n) is 2.42. The molecule has 0 aliphatic carbocycles. The molecule has 0 atom stereocenters. The van der Waals surface area contributed by atoms with Crippen molar-refractivity contribution in [2.45, 2.75) is 34.1 Å². The van der Waals surface area contributed by atoms with E-state index in [-0.39, 0.29) is 5.97 Å². The molecule has 14 heavy (non-hydrogen) atoms. The second kappa shape index (κ2) is 4.27. The molecule has 0 aromatic heterocycles. The minimum atomic E-state index is -0.187. The summed E-state index contributed by atoms with van der Waals surface area (Å²) in [5, 5.41) is 0. The molecule has 0 aliphatic heterocycles. The van der Waals surface area contributed by atoms with Gasteiger partial charge in [-0.2, -0.15) is 0 Å². The molecule has 2 heteroatoms. The van der Waals surface area contributed by atoms with Gasteiger partial charge in [-0.1, -0.05) is 6.92 Å². The smallest absolute Gasteiger partial charge is 0.310 e. The fourth-order valence-corrected chi connectivity index (χ4v) is 1.26. The van der Waals surface area contributed by atoms with Gasteiger partial charge in [-0.05, 0) is 49.6 Å². The number of aryl methyl sites for hydroxylation is 2. The maximum atomic E-state index is 11.1. The summed E-state index contributed by atoms with van der Waals surface area (Å²) >= 11 is 0. The molecular weight excluding hydrogens is 176 g/mol. The van der Waals surface area contributed by atoms with Crippen LogP contribution in [0.25, 0.3) is 0 Å². The molecule has 0 heterocycles. The minimum absolute atomic E-state index is 0.187. The van der Waals surface area contributed by atoms with Crippen LogP contribution in [0.4, 0.5) is 0 Å². The summed E-state index contributed by atoms with van der Waals surface area (Å²) in [5.74, 6) is 0.463. The van der Waals surface area contributed by atoms with Crippen LogP contribution in [0, 0.1) is 20.8 Å². The maximum Gasteiger partial charge on any atom is 0.310 e. The van der Waals surface area contributed by atoms with Gasteiger partial charge in [0.15, 0.2) is 0 Å². The van der Waals surface area contributed by atoms with Crippen LogP contribution >= 0.6 is 0 Å². The molecule has 2 nitrogen and oxygen atoms in total. The highest BCUT2D eigenvalue weighted by atomic mass is 16.5. The lowest BCUT2D eigenvalue weighted by Gasteiger charge is -2.08. The van der Waals surface area contributed by atoms with Gasteiger partial charge in [0.25, 0.3) is 0 Å². The first-order valence-corrected chi connectivity index (χ1v) is 4.83. The van der Waals surface area contributed by atoms with E-state index in [4.69, 9.17) is 4.74 Å². The standard InChI is InChI=1S/C12H16O2/c1-5-12(13)14-11-6-8(2)10(4)9(3)7-11/h6-7H,5H2,1-4H3. The Hall–Kier alpha value is -1.31. The Morgan fingerprint density at radius 3 is 2.14 bits per heavy atom. The lowest BCUT2D eigenvalue weighted by atomic mass is 10.0. The lowest BCUT2D eigenvalue weighted by molar-refractivity contribution is -0.134. The van der Waals surface area contributed by atoms with E-state index < -0.39 is 0 Å². The predicted molar refractivity (Wildman–Crippen MR) is 56.6 cm³/mol. The summed E-state index contributed by atoms with van der Waals surface area (Å²) in [6.07, 6.45) is 0.409. The molecular formula is C12H16O2. The lowest BCUT2D eigenvalue weighted by Crippen LogP contribution is -2.06. The summed E-state index contributed by atoms with van der Waals surface area (Å²) in [5.41, 5.74) is 3.56. The molecule has 1 rings (SSSR count). The van der Waals surface area contributed by atoms with Crippen molar-refractivity contribution in [2.75, 3.05) is 0 Å². The van der Waals surface area contributed by atoms with E-state index in [2.05, 4.69) is 6.92 Å². The zero-order valence-corrected chi connectivity index (χ0v) is 9.18. The van der Waals surface area contributed by atoms with Crippen LogP contribution in [0.5, 0.6) is 5.75 Å². The Morgan fingerprint density at radius 1 is 1.21 bits per heavy atom. The van der Waals surface area contributed by atoms with E-state index in [1.54, 1.807) is 6.92 Å². The average Bonchev–Trinajstić information content (AvgIpc) is 2.14. The Labute approximate surface area is 84.9 Å². The van der Waals surface area contributed by atoms with Crippen LogP contribution < -0.4 is 4.74 Å². The molecule has 76 valence electrons. The van der Waals surface area contributed by atoms with Gasteiger partial charge in [0.1, 0.15) is 5.75 Å². The van der Waals surface area contributed by atoms with Gasteiger partial charge in [-0.3, -0.25) is 4.79 Å². The predicted octanol–water partition coefficient (Wildman–Crippen LogP) is 2.93. The monoisotopic (exact) mass is 192 g/mol. The van der Waals surface area contributed by atoms with Gasteiger partial charge >= 0.3 is 5.97 Å². The molecule has 0 N–H and O–H groups in total. The Balaban J connectivity index is 2.95. The van der Waals surface area contributed by atoms with Gasteiger partial charge in [0.2, 0.25) is 0 Å². The molecule has 0 unspecified atom stereocenters. The first-order chi connectivity index (χ1) is 6.54. The Morgan fingerprint density at radius 2 is 1.71 bits per heavy atom. The number of benzene rings is 1. The van der Waals surface area contributed by atoms with Crippen LogP contribution in [0.3, 0.4) is 0 Å². The first-order valence-electron chi connectivity index (χ1n) is 4.83. The van der Waals surface area contributed by atoms with Crippen molar-refractivity contribution in [1.29, 1.82) is 0 Å². The second-order valence-electron chi connectivity index (χ2n) is 3.51. The number of hydrogen-bond acceptors (Lipinski definition) is 2. The third kappa shape index (κ3) is 2.34. The van der Waals surface area contributed by atoms with E-state index in [0.717, 1.165) is 11.1 Å². The van der Waals surface area contributed by atoms with Crippen molar-refractivity contribution < 1.29 is 9.53 Å². The number of hydrogen-bond donors (Lipinski definition) is 0. The molecule has 0 aliphatic rings. The van der Waals surface area contributed by atoms with Crippen molar-refractivity contribution in [1.82, 2.24) is 0 Å². The van der Waals surface area contributed by atoms with E-state index in [0.29, 0.717) is 12.2 Å². The van der Waals surface area contributed by atoms with Gasteiger partial charge in [-0.15, -0.1) is 0 Å². The molecule has 0 bridgehead atoms. The molecule has 0 amide bonds. The van der Waals surface area contributed by atoms with Gasteiger partial charge < -0.3 is 4.74 Å². The minimum Gasteiger partial charge on any atom is -0.427 e. The SMILES string of the molecule is CCC(=O)Oc1cc(C)c(C)c(C)c1. The number of carbonyl (C=O) groups is 1. The number of carbonyl (C=O) groups excluding carboxylic acids is 1. The highest BCUT2D eigenvalue weighted by molar-refractivity contribution is 5.72. The van der Waals surface area contributed by atoms with E-state index in [1.807, 2.05) is 26.0 Å². The first kappa shape index (κ1) is 10.8. The van der Waals surface area contributed by atoms with E-state index in [1.165, 1.54) is 5.56 Å². The van der Waals surface area contributed by atoms with Crippen LogP contribution in [-0.2, 0) is 4.79 Å². The molecule has 0 fully saturated rings. The third-order valence-corrected chi connectivity index (χ3v) is 2.42. The number of rotatable bonds is 2. The summed E-state index contributed by atoms with van der Waals surface area (Å²) in [6.45, 7) is 7.89. The quantitative estimate of drug-likeness (QED) is 0.532. The zero-order chi connectivity index (χ0) is 10.7. The Kier molecular flexibility index (Phi) is 3.28. The van der Waals surface area contributed by atoms with Crippen molar-refractivity contribution in [3.63, 3.8) is 0 Å². The maximum absolute atomic E-state index is 11.1. The number of ether oxygens (including phenoxy) is 1. The van der Waals surface area contributed by atoms with Gasteiger partial charge in [-0.25, -0.2) is 0 Å². The normalized spacial score (nSPS) is 10.0. The summed E-state index contributed by atoms with van der Waals surface area (Å²) in [4.78, 5) is 11.1. The molecule has 0 radical (unpaired) electrons. The summed E-state index contributed by atoms with van der Waals surface area (Å²) < 4.78 is 5.14. The van der Waals surface area contributed by atoms with Crippen molar-refractivity contribution in [3.05, 3.63) is 28.8 Å². The second-order valence-corrected chi connectivity index (χ2v) is 3.51. The average molecular weight is 192 g/mol. The molecule has 0 saturated carbocycles. The molecule has 0 saturated heterocycles. The van der Waals surface area contributed by atoms with Crippen LogP contribution in [-0.4, -0.2) is 5.97 Å². The Bertz CT molecular complexity index is 330. The topological polar surface area (TPSA) is 26.3 Å². The van der Waals surface area contributed by atoms with Crippen molar-refractivity contribution in [3.8, 4) is 5.75 Å². The summed E-state index contributed by atoms with van der Waals surface area (Å²) in [6, 6.07) is 3.80. The molecule has 0 spiro atoms. The largest absolute Gasteiger partial charge is 0.427 e. The number of esters is 1. The fraction of sp³-hybridized carbons (Fsp3) is 0.417. The highest BCUT2D eigenvalue weighted by Crippen LogP contribution is 2.21. The van der Waals surface area contributed by atoms with Gasteiger partial charge in [0.05, 0.1) is 0 Å². The molecule has 1 aromatic carbocycles. The van der Waals surface area contributed by atoms with Crippen LogP contribution in [0.15, 0.2) is 12.1 Å². The molecule has 1 aromatic rings. The zero-order valence-electron chi connectivity index (χ0n) is 9.18. The van der Waals surface area contributed by atoms with Gasteiger partial charge in [0, 0.05) is 6.42 Å². The van der Waals surface area contributed by atoms with E-state index >= 15 is 0 Å². The van der Waals surface area contributed by atoms with Crippen molar-refractivity contribution in [2.24, 2.45) is 0 Å². The van der Waals surface area contributed by atoms with Crippen LogP contribution in [0.2, 0.25) is 0 Å². The van der Waals surface area contributed by atoms with E-state index in [9.17, 15) is 4.79 Å². The van der Waals surface area contributed by atoms with Crippen LogP contribution in [0.1, 0.15) is 30.0 Å². The highest BCUT2D eigenvalue weighted by Gasteiger charge is 2.05. The fourth-order valence-electron chi connectivity index (χ4n) is 1.26.